The van der Waals surface area contributed by atoms with Gasteiger partial charge >= 0.3 is 0 Å². The Balaban J connectivity index is 1.66. The fraction of sp³-hybridized carbons (Fsp3) is 0.115. The second-order valence-corrected chi connectivity index (χ2v) is 10.1. The number of nitrogens with one attached hydrogen (secondary N) is 1. The van der Waals surface area contributed by atoms with Crippen molar-refractivity contribution in [1.29, 1.82) is 5.26 Å². The van der Waals surface area contributed by atoms with Gasteiger partial charge < -0.3 is 5.32 Å². The predicted molar refractivity (Wildman–Crippen MR) is 139 cm³/mol. The monoisotopic (exact) mass is 551 g/mol. The van der Waals surface area contributed by atoms with Crippen molar-refractivity contribution in [3.8, 4) is 6.07 Å². The summed E-state index contributed by atoms with van der Waals surface area (Å²) in [6.45, 7) is 0.278. The standard InChI is InChI=1S/C26H19BrClN3O2S/c27-19-8-6-17(7-9-19)14-23-25(33)31(21-12-10-20(28)11-13-21)26(34-23)22(15-29)24(32)30-16-18-4-2-1-3-5-18/h1-13,23H,14,16H2,(H,30,32). The van der Waals surface area contributed by atoms with Crippen molar-refractivity contribution in [2.75, 3.05) is 4.90 Å². The van der Waals surface area contributed by atoms with E-state index in [1.807, 2.05) is 60.7 Å². The molecule has 34 heavy (non-hydrogen) atoms. The molecule has 170 valence electrons. The molecule has 2 amide bonds. The average Bonchev–Trinajstić information content (AvgIpc) is 3.16. The summed E-state index contributed by atoms with van der Waals surface area (Å²) in [4.78, 5) is 27.9. The van der Waals surface area contributed by atoms with E-state index < -0.39 is 11.2 Å². The van der Waals surface area contributed by atoms with E-state index in [0.29, 0.717) is 22.2 Å². The molecule has 1 atom stereocenters. The first-order chi connectivity index (χ1) is 16.5. The Morgan fingerprint density at radius 2 is 1.71 bits per heavy atom. The first-order valence-corrected chi connectivity index (χ1v) is 12.5. The van der Waals surface area contributed by atoms with E-state index in [4.69, 9.17) is 11.6 Å². The molecule has 8 heteroatoms. The van der Waals surface area contributed by atoms with Crippen LogP contribution in [0.4, 0.5) is 5.69 Å². The fourth-order valence-corrected chi connectivity index (χ4v) is 5.21. The van der Waals surface area contributed by atoms with Gasteiger partial charge in [-0.05, 0) is 53.9 Å². The molecule has 1 saturated heterocycles. The van der Waals surface area contributed by atoms with Gasteiger partial charge in [0.25, 0.3) is 5.91 Å². The Hall–Kier alpha value is -3.05. The number of carbonyl (C=O) groups excluding carboxylic acids is 2. The molecule has 0 saturated carbocycles. The summed E-state index contributed by atoms with van der Waals surface area (Å²) in [6.07, 6.45) is 0.467. The molecular formula is C26H19BrClN3O2S. The highest BCUT2D eigenvalue weighted by molar-refractivity contribution is 9.10. The molecule has 0 radical (unpaired) electrons. The van der Waals surface area contributed by atoms with Crippen LogP contribution in [-0.4, -0.2) is 17.1 Å². The van der Waals surface area contributed by atoms with Crippen LogP contribution < -0.4 is 10.2 Å². The van der Waals surface area contributed by atoms with Gasteiger partial charge in [0.2, 0.25) is 5.91 Å². The zero-order chi connectivity index (χ0) is 24.1. The Bertz CT molecular complexity index is 1270. The minimum Gasteiger partial charge on any atom is -0.347 e. The second kappa shape index (κ2) is 10.9. The highest BCUT2D eigenvalue weighted by Gasteiger charge is 2.40. The molecule has 1 N–H and O–H groups in total. The highest BCUT2D eigenvalue weighted by Crippen LogP contribution is 2.42. The van der Waals surface area contributed by atoms with Crippen molar-refractivity contribution in [1.82, 2.24) is 5.32 Å². The van der Waals surface area contributed by atoms with E-state index in [-0.39, 0.29) is 18.0 Å². The number of carbonyl (C=O) groups is 2. The number of amides is 2. The molecule has 0 aliphatic carbocycles. The van der Waals surface area contributed by atoms with Gasteiger partial charge in [-0.3, -0.25) is 14.5 Å². The summed E-state index contributed by atoms with van der Waals surface area (Å²) in [5.41, 5.74) is 2.36. The van der Waals surface area contributed by atoms with Crippen molar-refractivity contribution < 1.29 is 9.59 Å². The van der Waals surface area contributed by atoms with Crippen LogP contribution in [0.15, 0.2) is 93.9 Å². The Morgan fingerprint density at radius 1 is 1.03 bits per heavy atom. The Morgan fingerprint density at radius 3 is 2.35 bits per heavy atom. The van der Waals surface area contributed by atoms with E-state index >= 15 is 0 Å². The van der Waals surface area contributed by atoms with Crippen molar-refractivity contribution in [2.45, 2.75) is 18.2 Å². The summed E-state index contributed by atoms with van der Waals surface area (Å²) < 4.78 is 0.951. The van der Waals surface area contributed by atoms with Gasteiger partial charge in [0.15, 0.2) is 0 Å². The van der Waals surface area contributed by atoms with Crippen LogP contribution in [-0.2, 0) is 22.6 Å². The first kappa shape index (κ1) is 24.1. The topological polar surface area (TPSA) is 73.2 Å². The normalized spacial score (nSPS) is 16.8. The minimum atomic E-state index is -0.523. The molecule has 1 fully saturated rings. The molecule has 3 aromatic rings. The average molecular weight is 553 g/mol. The molecule has 5 nitrogen and oxygen atoms in total. The van der Waals surface area contributed by atoms with Gasteiger partial charge in [-0.15, -0.1) is 0 Å². The number of thioether (sulfide) groups is 1. The molecule has 3 aromatic carbocycles. The van der Waals surface area contributed by atoms with Gasteiger partial charge in [-0.1, -0.05) is 81.8 Å². The van der Waals surface area contributed by atoms with E-state index in [1.54, 1.807) is 24.3 Å². The van der Waals surface area contributed by atoms with Gasteiger partial charge in [0.1, 0.15) is 16.7 Å². The van der Waals surface area contributed by atoms with Crippen molar-refractivity contribution >= 4 is 56.8 Å². The molecule has 4 rings (SSSR count). The maximum Gasteiger partial charge on any atom is 0.264 e. The Labute approximate surface area is 215 Å². The van der Waals surface area contributed by atoms with E-state index in [9.17, 15) is 14.9 Å². The molecular weight excluding hydrogens is 534 g/mol. The third kappa shape index (κ3) is 5.53. The van der Waals surface area contributed by atoms with Crippen LogP contribution in [0, 0.1) is 11.3 Å². The lowest BCUT2D eigenvalue weighted by Gasteiger charge is -2.19. The lowest BCUT2D eigenvalue weighted by Crippen LogP contribution is -2.32. The molecule has 1 unspecified atom stereocenters. The smallest absolute Gasteiger partial charge is 0.264 e. The number of hydrogen-bond acceptors (Lipinski definition) is 4. The first-order valence-electron chi connectivity index (χ1n) is 10.4. The van der Waals surface area contributed by atoms with E-state index in [1.165, 1.54) is 16.7 Å². The van der Waals surface area contributed by atoms with Crippen molar-refractivity contribution in [3.63, 3.8) is 0 Å². The molecule has 0 spiro atoms. The summed E-state index contributed by atoms with van der Waals surface area (Å²) in [6, 6.07) is 26.0. The third-order valence-electron chi connectivity index (χ3n) is 5.22. The maximum absolute atomic E-state index is 13.5. The lowest BCUT2D eigenvalue weighted by molar-refractivity contribution is -0.117. The number of halogens is 2. The number of rotatable bonds is 6. The number of nitriles is 1. The SMILES string of the molecule is N#CC(C(=O)NCc1ccccc1)=C1SC(Cc2ccc(Br)cc2)C(=O)N1c1ccc(Cl)cc1. The summed E-state index contributed by atoms with van der Waals surface area (Å²) in [7, 11) is 0. The number of nitrogens with zero attached hydrogens (tertiary/aromatic N) is 2. The van der Waals surface area contributed by atoms with Crippen LogP contribution in [0.25, 0.3) is 0 Å². The van der Waals surface area contributed by atoms with E-state index in [2.05, 4.69) is 21.2 Å². The van der Waals surface area contributed by atoms with Gasteiger partial charge in [0, 0.05) is 21.7 Å². The highest BCUT2D eigenvalue weighted by atomic mass is 79.9. The third-order valence-corrected chi connectivity index (χ3v) is 7.26. The van der Waals surface area contributed by atoms with Crippen LogP contribution in [0.2, 0.25) is 5.02 Å². The lowest BCUT2D eigenvalue weighted by atomic mass is 10.1. The molecule has 1 aliphatic heterocycles. The molecule has 1 heterocycles. The predicted octanol–water partition coefficient (Wildman–Crippen LogP) is 5.85. The fourth-order valence-electron chi connectivity index (χ4n) is 3.51. The minimum absolute atomic E-state index is 0.0949. The number of hydrogen-bond donors (Lipinski definition) is 1. The number of benzene rings is 3. The van der Waals surface area contributed by atoms with Gasteiger partial charge in [0.05, 0.1) is 5.25 Å². The van der Waals surface area contributed by atoms with Gasteiger partial charge in [-0.25, -0.2) is 0 Å². The molecule has 0 aromatic heterocycles. The van der Waals surface area contributed by atoms with Crippen LogP contribution >= 0.6 is 39.3 Å². The van der Waals surface area contributed by atoms with Crippen LogP contribution in [0.3, 0.4) is 0 Å². The van der Waals surface area contributed by atoms with Crippen LogP contribution in [0.5, 0.6) is 0 Å². The van der Waals surface area contributed by atoms with E-state index in [0.717, 1.165) is 15.6 Å². The zero-order valence-electron chi connectivity index (χ0n) is 17.9. The summed E-state index contributed by atoms with van der Waals surface area (Å²) in [5, 5.41) is 13.1. The molecule has 0 bridgehead atoms. The zero-order valence-corrected chi connectivity index (χ0v) is 21.0. The van der Waals surface area contributed by atoms with Crippen molar-refractivity contribution in [2.24, 2.45) is 0 Å². The second-order valence-electron chi connectivity index (χ2n) is 7.55. The maximum atomic E-state index is 13.5. The Kier molecular flexibility index (Phi) is 7.73. The molecule has 1 aliphatic rings. The van der Waals surface area contributed by atoms with Crippen LogP contribution in [0.1, 0.15) is 11.1 Å². The largest absolute Gasteiger partial charge is 0.347 e. The summed E-state index contributed by atoms with van der Waals surface area (Å²) >= 11 is 10.7. The van der Waals surface area contributed by atoms with Gasteiger partial charge in [-0.2, -0.15) is 5.26 Å². The summed E-state index contributed by atoms with van der Waals surface area (Å²) in [5.74, 6) is -0.709. The van der Waals surface area contributed by atoms with Crippen molar-refractivity contribution in [3.05, 3.63) is 110 Å². The number of anilines is 1. The quantitative estimate of drug-likeness (QED) is 0.308.